The van der Waals surface area contributed by atoms with E-state index in [0.717, 1.165) is 23.8 Å². The van der Waals surface area contributed by atoms with Gasteiger partial charge in [0, 0.05) is 24.8 Å². The van der Waals surface area contributed by atoms with E-state index in [9.17, 15) is 4.79 Å². The van der Waals surface area contributed by atoms with Gasteiger partial charge in [-0.15, -0.1) is 5.10 Å². The van der Waals surface area contributed by atoms with Crippen molar-refractivity contribution in [3.63, 3.8) is 0 Å². The minimum atomic E-state index is -0.152. The molecular weight excluding hydrogens is 262 g/mol. The first-order chi connectivity index (χ1) is 9.19. The van der Waals surface area contributed by atoms with Crippen LogP contribution in [0, 0.1) is 11.3 Å². The molecule has 0 atom stereocenters. The lowest BCUT2D eigenvalue weighted by atomic mass is 10.3. The molecule has 0 N–H and O–H groups in total. The summed E-state index contributed by atoms with van der Waals surface area (Å²) < 4.78 is 1.33. The average Bonchev–Trinajstić information content (AvgIpc) is 2.84. The third kappa shape index (κ3) is 2.74. The van der Waals surface area contributed by atoms with Crippen LogP contribution in [-0.2, 0) is 6.42 Å². The molecule has 2 aromatic heterocycles. The van der Waals surface area contributed by atoms with Crippen molar-refractivity contribution in [2.24, 2.45) is 0 Å². The molecule has 2 heterocycles. The molecule has 100 valence electrons. The van der Waals surface area contributed by atoms with Crippen LogP contribution in [0.3, 0.4) is 0 Å². The molecule has 0 amide bonds. The number of rotatable bonds is 5. The zero-order chi connectivity index (χ0) is 13.8. The van der Waals surface area contributed by atoms with E-state index in [1.54, 1.807) is 0 Å². The van der Waals surface area contributed by atoms with E-state index >= 15 is 0 Å². The summed E-state index contributed by atoms with van der Waals surface area (Å²) >= 11 is 1.38. The van der Waals surface area contributed by atoms with Gasteiger partial charge in [-0.2, -0.15) is 9.78 Å². The summed E-state index contributed by atoms with van der Waals surface area (Å²) in [5.41, 5.74) is 0.626. The molecule has 0 aliphatic rings. The summed E-state index contributed by atoms with van der Waals surface area (Å²) in [6.45, 7) is 5.32. The van der Waals surface area contributed by atoms with Crippen LogP contribution in [0.2, 0.25) is 0 Å². The first kappa shape index (κ1) is 13.5. The molecule has 0 fully saturated rings. The van der Waals surface area contributed by atoms with Crippen LogP contribution in [0.5, 0.6) is 0 Å². The van der Waals surface area contributed by atoms with Crippen LogP contribution in [0.1, 0.15) is 26.0 Å². The second-order valence-corrected chi connectivity index (χ2v) is 4.94. The van der Waals surface area contributed by atoms with Crippen molar-refractivity contribution in [1.29, 1.82) is 5.26 Å². The van der Waals surface area contributed by atoms with Crippen LogP contribution in [0.25, 0.3) is 4.96 Å². The molecule has 2 rings (SSSR count). The average molecular weight is 277 g/mol. The van der Waals surface area contributed by atoms with Gasteiger partial charge in [-0.1, -0.05) is 18.3 Å². The molecule has 2 aromatic rings. The number of nitriles is 1. The summed E-state index contributed by atoms with van der Waals surface area (Å²) in [7, 11) is 0. The SMILES string of the molecule is CCc1cc(=O)n2nc(N(CC)CCC#N)sc2n1. The maximum Gasteiger partial charge on any atom is 0.275 e. The molecule has 0 spiro atoms. The normalized spacial score (nSPS) is 10.6. The van der Waals surface area contributed by atoms with E-state index in [1.165, 1.54) is 21.9 Å². The Hall–Kier alpha value is -1.94. The quantitative estimate of drug-likeness (QED) is 0.827. The summed E-state index contributed by atoms with van der Waals surface area (Å²) in [5.74, 6) is 0. The lowest BCUT2D eigenvalue weighted by molar-refractivity contribution is 0.790. The van der Waals surface area contributed by atoms with Crippen molar-refractivity contribution in [2.45, 2.75) is 26.7 Å². The van der Waals surface area contributed by atoms with Crippen LogP contribution in [0.4, 0.5) is 5.13 Å². The van der Waals surface area contributed by atoms with E-state index in [2.05, 4.69) is 16.2 Å². The second kappa shape index (κ2) is 5.80. The Morgan fingerprint density at radius 1 is 1.53 bits per heavy atom. The van der Waals surface area contributed by atoms with Gasteiger partial charge in [-0.3, -0.25) is 4.79 Å². The molecule has 19 heavy (non-hydrogen) atoms. The van der Waals surface area contributed by atoms with Crippen LogP contribution in [-0.4, -0.2) is 27.7 Å². The highest BCUT2D eigenvalue weighted by molar-refractivity contribution is 7.20. The van der Waals surface area contributed by atoms with Gasteiger partial charge in [-0.05, 0) is 13.3 Å². The fourth-order valence-corrected chi connectivity index (χ4v) is 2.74. The van der Waals surface area contributed by atoms with Gasteiger partial charge in [0.25, 0.3) is 5.56 Å². The Balaban J connectivity index is 2.43. The maximum atomic E-state index is 11.9. The topological polar surface area (TPSA) is 74.3 Å². The number of aromatic nitrogens is 3. The zero-order valence-electron chi connectivity index (χ0n) is 11.0. The predicted octanol–water partition coefficient (Wildman–Crippen LogP) is 1.45. The number of hydrogen-bond donors (Lipinski definition) is 0. The van der Waals surface area contributed by atoms with E-state index in [4.69, 9.17) is 5.26 Å². The predicted molar refractivity (Wildman–Crippen MR) is 74.6 cm³/mol. The Morgan fingerprint density at radius 3 is 2.95 bits per heavy atom. The molecule has 0 aliphatic carbocycles. The second-order valence-electron chi connectivity index (χ2n) is 4.01. The molecule has 0 unspecified atom stereocenters. The van der Waals surface area contributed by atoms with Crippen molar-refractivity contribution in [1.82, 2.24) is 14.6 Å². The van der Waals surface area contributed by atoms with Crippen molar-refractivity contribution in [2.75, 3.05) is 18.0 Å². The highest BCUT2D eigenvalue weighted by Gasteiger charge is 2.13. The maximum absolute atomic E-state index is 11.9. The Kier molecular flexibility index (Phi) is 4.12. The molecule has 6 nitrogen and oxygen atoms in total. The van der Waals surface area contributed by atoms with Gasteiger partial charge < -0.3 is 4.90 Å². The number of fused-ring (bicyclic) bond motifs is 1. The summed E-state index contributed by atoms with van der Waals surface area (Å²) in [6.07, 6.45) is 1.16. The van der Waals surface area contributed by atoms with Crippen molar-refractivity contribution < 1.29 is 0 Å². The first-order valence-corrected chi connectivity index (χ1v) is 7.03. The van der Waals surface area contributed by atoms with Crippen molar-refractivity contribution in [3.05, 3.63) is 22.1 Å². The molecule has 0 aliphatic heterocycles. The zero-order valence-corrected chi connectivity index (χ0v) is 11.8. The van der Waals surface area contributed by atoms with E-state index < -0.39 is 0 Å². The van der Waals surface area contributed by atoms with Gasteiger partial charge in [-0.25, -0.2) is 4.98 Å². The van der Waals surface area contributed by atoms with Gasteiger partial charge in [0.15, 0.2) is 0 Å². The smallest absolute Gasteiger partial charge is 0.275 e. The lowest BCUT2D eigenvalue weighted by Gasteiger charge is -2.16. The third-order valence-electron chi connectivity index (χ3n) is 2.80. The fourth-order valence-electron chi connectivity index (χ4n) is 1.73. The minimum absolute atomic E-state index is 0.152. The van der Waals surface area contributed by atoms with Gasteiger partial charge >= 0.3 is 0 Å². The molecule has 0 radical (unpaired) electrons. The van der Waals surface area contributed by atoms with Crippen molar-refractivity contribution >= 4 is 21.4 Å². The molecule has 0 aromatic carbocycles. The number of hydrogen-bond acceptors (Lipinski definition) is 6. The molecule has 0 saturated heterocycles. The van der Waals surface area contributed by atoms with E-state index in [0.29, 0.717) is 17.9 Å². The lowest BCUT2D eigenvalue weighted by Crippen LogP contribution is -2.24. The fraction of sp³-hybridized carbons (Fsp3) is 0.500. The highest BCUT2D eigenvalue weighted by atomic mass is 32.1. The first-order valence-electron chi connectivity index (χ1n) is 6.21. The van der Waals surface area contributed by atoms with Crippen LogP contribution >= 0.6 is 11.3 Å². The van der Waals surface area contributed by atoms with Crippen LogP contribution in [0.15, 0.2) is 10.9 Å². The van der Waals surface area contributed by atoms with Crippen LogP contribution < -0.4 is 10.5 Å². The Labute approximate surface area is 114 Å². The van der Waals surface area contributed by atoms with Gasteiger partial charge in [0.2, 0.25) is 10.1 Å². The molecular formula is C12H15N5OS. The monoisotopic (exact) mass is 277 g/mol. The summed E-state index contributed by atoms with van der Waals surface area (Å²) in [6, 6.07) is 3.63. The minimum Gasteiger partial charge on any atom is -0.346 e. The standard InChI is InChI=1S/C12H15N5OS/c1-3-9-8-10(18)17-11(14-9)19-12(15-17)16(4-2)7-5-6-13/h8H,3-5,7H2,1-2H3. The van der Waals surface area contributed by atoms with Gasteiger partial charge in [0.1, 0.15) is 0 Å². The Bertz CT molecular complexity index is 669. The van der Waals surface area contributed by atoms with Crippen molar-refractivity contribution in [3.8, 4) is 6.07 Å². The summed E-state index contributed by atoms with van der Waals surface area (Å²) in [4.78, 5) is 18.9. The number of aryl methyl sites for hydroxylation is 1. The Morgan fingerprint density at radius 2 is 2.32 bits per heavy atom. The van der Waals surface area contributed by atoms with Gasteiger partial charge in [0.05, 0.1) is 12.5 Å². The number of nitrogens with zero attached hydrogens (tertiary/aromatic N) is 5. The van der Waals surface area contributed by atoms with E-state index in [-0.39, 0.29) is 5.56 Å². The highest BCUT2D eigenvalue weighted by Crippen LogP contribution is 2.21. The number of anilines is 1. The molecule has 7 heteroatoms. The largest absolute Gasteiger partial charge is 0.346 e. The molecule has 0 bridgehead atoms. The molecule has 0 saturated carbocycles. The third-order valence-corrected chi connectivity index (χ3v) is 3.76. The summed E-state index contributed by atoms with van der Waals surface area (Å²) in [5, 5.41) is 13.7. The van der Waals surface area contributed by atoms with E-state index in [1.807, 2.05) is 18.7 Å².